The molecule has 0 radical (unpaired) electrons. The zero-order chi connectivity index (χ0) is 14.9. The molecule has 116 valence electrons. The maximum Gasteiger partial charge on any atom is 0.0686 e. The molecule has 2 fully saturated rings. The molecule has 1 aromatic rings. The highest BCUT2D eigenvalue weighted by Gasteiger charge is 2.42. The van der Waals surface area contributed by atoms with Gasteiger partial charge in [-0.1, -0.05) is 36.0 Å². The minimum absolute atomic E-state index is 0.0255. The van der Waals surface area contributed by atoms with Gasteiger partial charge in [-0.05, 0) is 55.4 Å². The molecule has 5 heteroatoms. The van der Waals surface area contributed by atoms with Gasteiger partial charge in [-0.25, -0.2) is 0 Å². The fraction of sp³-hybridized carbons (Fsp3) is 0.625. The van der Waals surface area contributed by atoms with Crippen LogP contribution in [-0.2, 0) is 4.74 Å². The van der Waals surface area contributed by atoms with Crippen LogP contribution in [0.2, 0.25) is 10.0 Å². The number of halogens is 2. The molecular formula is C16H22Cl2N2O. The first-order valence-electron chi connectivity index (χ1n) is 7.69. The third-order valence-electron chi connectivity index (χ3n) is 4.99. The van der Waals surface area contributed by atoms with Crippen molar-refractivity contribution >= 4 is 23.2 Å². The smallest absolute Gasteiger partial charge is 0.0686 e. The van der Waals surface area contributed by atoms with Crippen molar-refractivity contribution in [1.29, 1.82) is 0 Å². The minimum Gasteiger partial charge on any atom is -0.375 e. The van der Waals surface area contributed by atoms with Crippen LogP contribution in [0.25, 0.3) is 0 Å². The van der Waals surface area contributed by atoms with Crippen molar-refractivity contribution in [1.82, 2.24) is 5.43 Å². The Hall–Kier alpha value is -0.320. The summed E-state index contributed by atoms with van der Waals surface area (Å²) < 4.78 is 6.11. The SMILES string of the molecule is NNC(c1cc(Cl)ccc1Cl)C1CCOC2(CCCC2)C1. The monoisotopic (exact) mass is 328 g/mol. The number of ether oxygens (including phenoxy) is 1. The Morgan fingerprint density at radius 3 is 2.76 bits per heavy atom. The molecule has 0 aromatic heterocycles. The van der Waals surface area contributed by atoms with Gasteiger partial charge in [-0.15, -0.1) is 0 Å². The Kier molecular flexibility index (Phi) is 4.77. The van der Waals surface area contributed by atoms with Crippen LogP contribution >= 0.6 is 23.2 Å². The van der Waals surface area contributed by atoms with E-state index in [0.717, 1.165) is 25.0 Å². The topological polar surface area (TPSA) is 47.3 Å². The summed E-state index contributed by atoms with van der Waals surface area (Å²) in [4.78, 5) is 0. The fourth-order valence-corrected chi connectivity index (χ4v) is 4.37. The molecule has 21 heavy (non-hydrogen) atoms. The van der Waals surface area contributed by atoms with Crippen molar-refractivity contribution in [2.45, 2.75) is 50.2 Å². The molecule has 2 unspecified atom stereocenters. The standard InChI is InChI=1S/C16H22Cl2N2O/c17-12-3-4-14(18)13(9-12)15(20-19)11-5-8-21-16(10-11)6-1-2-7-16/h3-4,9,11,15,20H,1-2,5-8,10,19H2. The second-order valence-electron chi connectivity index (χ2n) is 6.30. The highest BCUT2D eigenvalue weighted by atomic mass is 35.5. The lowest BCUT2D eigenvalue weighted by Gasteiger charge is -2.41. The van der Waals surface area contributed by atoms with E-state index in [9.17, 15) is 0 Å². The van der Waals surface area contributed by atoms with Gasteiger partial charge in [0.2, 0.25) is 0 Å². The van der Waals surface area contributed by atoms with Gasteiger partial charge in [0.25, 0.3) is 0 Å². The largest absolute Gasteiger partial charge is 0.375 e. The number of benzene rings is 1. The highest BCUT2D eigenvalue weighted by Crippen LogP contribution is 2.46. The predicted octanol–water partition coefficient (Wildman–Crippen LogP) is 4.24. The third kappa shape index (κ3) is 3.22. The lowest BCUT2D eigenvalue weighted by molar-refractivity contribution is -0.0982. The van der Waals surface area contributed by atoms with E-state index in [1.165, 1.54) is 25.7 Å². The van der Waals surface area contributed by atoms with Crippen LogP contribution in [0.4, 0.5) is 0 Å². The first-order valence-corrected chi connectivity index (χ1v) is 8.44. The number of hydrogen-bond donors (Lipinski definition) is 2. The van der Waals surface area contributed by atoms with Crippen molar-refractivity contribution in [3.05, 3.63) is 33.8 Å². The first kappa shape index (κ1) is 15.6. The number of nitrogens with two attached hydrogens (primary N) is 1. The van der Waals surface area contributed by atoms with Crippen LogP contribution in [0.15, 0.2) is 18.2 Å². The lowest BCUT2D eigenvalue weighted by atomic mass is 9.79. The molecule has 2 atom stereocenters. The van der Waals surface area contributed by atoms with Gasteiger partial charge >= 0.3 is 0 Å². The van der Waals surface area contributed by atoms with E-state index >= 15 is 0 Å². The van der Waals surface area contributed by atoms with Gasteiger partial charge in [0, 0.05) is 16.7 Å². The van der Waals surface area contributed by atoms with Crippen LogP contribution in [-0.4, -0.2) is 12.2 Å². The van der Waals surface area contributed by atoms with Crippen molar-refractivity contribution in [3.63, 3.8) is 0 Å². The summed E-state index contributed by atoms with van der Waals surface area (Å²) in [6, 6.07) is 5.60. The normalized spacial score (nSPS) is 26.1. The van der Waals surface area contributed by atoms with Crippen molar-refractivity contribution in [2.24, 2.45) is 11.8 Å². The molecule has 3 nitrogen and oxygen atoms in total. The summed E-state index contributed by atoms with van der Waals surface area (Å²) >= 11 is 12.5. The van der Waals surface area contributed by atoms with E-state index in [-0.39, 0.29) is 11.6 Å². The van der Waals surface area contributed by atoms with Crippen LogP contribution in [0.3, 0.4) is 0 Å². The van der Waals surface area contributed by atoms with E-state index in [1.807, 2.05) is 18.2 Å². The number of rotatable bonds is 3. The third-order valence-corrected chi connectivity index (χ3v) is 5.57. The van der Waals surface area contributed by atoms with E-state index < -0.39 is 0 Å². The maximum atomic E-state index is 6.35. The molecule has 1 heterocycles. The van der Waals surface area contributed by atoms with Crippen LogP contribution < -0.4 is 11.3 Å². The van der Waals surface area contributed by atoms with E-state index in [1.54, 1.807) is 0 Å². The molecule has 1 aliphatic heterocycles. The average Bonchev–Trinajstić information content (AvgIpc) is 2.91. The Balaban J connectivity index is 1.84. The van der Waals surface area contributed by atoms with Gasteiger partial charge in [0.15, 0.2) is 0 Å². The summed E-state index contributed by atoms with van der Waals surface area (Å²) in [5, 5.41) is 1.41. The van der Waals surface area contributed by atoms with Crippen molar-refractivity contribution in [3.8, 4) is 0 Å². The summed E-state index contributed by atoms with van der Waals surface area (Å²) in [6.07, 6.45) is 6.93. The second-order valence-corrected chi connectivity index (χ2v) is 7.15. The summed E-state index contributed by atoms with van der Waals surface area (Å²) in [6.45, 7) is 0.807. The van der Waals surface area contributed by atoms with Gasteiger partial charge < -0.3 is 4.74 Å². The molecule has 1 saturated heterocycles. The maximum absolute atomic E-state index is 6.35. The average molecular weight is 329 g/mol. The van der Waals surface area contributed by atoms with Crippen LogP contribution in [0.1, 0.15) is 50.1 Å². The Bertz CT molecular complexity index is 503. The number of hydrazine groups is 1. The molecule has 2 aliphatic rings. The van der Waals surface area contributed by atoms with Crippen LogP contribution in [0, 0.1) is 5.92 Å². The molecule has 1 aliphatic carbocycles. The molecule has 0 amide bonds. The molecular weight excluding hydrogens is 307 g/mol. The number of nitrogens with one attached hydrogen (secondary N) is 1. The zero-order valence-electron chi connectivity index (χ0n) is 12.1. The molecule has 1 saturated carbocycles. The highest BCUT2D eigenvalue weighted by molar-refractivity contribution is 6.33. The fourth-order valence-electron chi connectivity index (χ4n) is 3.95. The van der Waals surface area contributed by atoms with Crippen molar-refractivity contribution in [2.75, 3.05) is 6.61 Å². The molecule has 1 spiro atoms. The number of hydrogen-bond acceptors (Lipinski definition) is 3. The van der Waals surface area contributed by atoms with Crippen LogP contribution in [0.5, 0.6) is 0 Å². The summed E-state index contributed by atoms with van der Waals surface area (Å²) in [7, 11) is 0. The molecule has 1 aromatic carbocycles. The lowest BCUT2D eigenvalue weighted by Crippen LogP contribution is -2.43. The predicted molar refractivity (Wildman–Crippen MR) is 86.4 cm³/mol. The molecule has 3 N–H and O–H groups in total. The second kappa shape index (κ2) is 6.43. The Morgan fingerprint density at radius 1 is 1.29 bits per heavy atom. The quantitative estimate of drug-likeness (QED) is 0.644. The van der Waals surface area contributed by atoms with Gasteiger partial charge in [-0.3, -0.25) is 11.3 Å². The first-order chi connectivity index (χ1) is 10.1. The Morgan fingerprint density at radius 2 is 2.05 bits per heavy atom. The Labute approximate surface area is 136 Å². The van der Waals surface area contributed by atoms with E-state index in [0.29, 0.717) is 16.0 Å². The van der Waals surface area contributed by atoms with Gasteiger partial charge in [-0.2, -0.15) is 0 Å². The van der Waals surface area contributed by atoms with Gasteiger partial charge in [0.05, 0.1) is 11.6 Å². The minimum atomic E-state index is 0.0255. The van der Waals surface area contributed by atoms with Gasteiger partial charge in [0.1, 0.15) is 0 Å². The molecule has 0 bridgehead atoms. The van der Waals surface area contributed by atoms with E-state index in [2.05, 4.69) is 5.43 Å². The summed E-state index contributed by atoms with van der Waals surface area (Å²) in [5.74, 6) is 6.28. The summed E-state index contributed by atoms with van der Waals surface area (Å²) in [5.41, 5.74) is 4.03. The zero-order valence-corrected chi connectivity index (χ0v) is 13.6. The molecule has 3 rings (SSSR count). The van der Waals surface area contributed by atoms with Crippen molar-refractivity contribution < 1.29 is 4.74 Å². The van der Waals surface area contributed by atoms with E-state index in [4.69, 9.17) is 33.8 Å².